The number of thiophene rings is 1. The largest absolute Gasteiger partial charge is 0.399 e. The first kappa shape index (κ1) is 15.9. The number of anilines is 1. The van der Waals surface area contributed by atoms with Crippen LogP contribution in [-0.2, 0) is 15.4 Å². The van der Waals surface area contributed by atoms with E-state index in [4.69, 9.17) is 5.73 Å². The highest BCUT2D eigenvalue weighted by molar-refractivity contribution is 7.89. The van der Waals surface area contributed by atoms with Crippen molar-refractivity contribution in [2.45, 2.75) is 24.2 Å². The molecule has 0 unspecified atom stereocenters. The number of sulfonamides is 1. The van der Waals surface area contributed by atoms with Crippen molar-refractivity contribution >= 4 is 27.0 Å². The Morgan fingerprint density at radius 3 is 2.62 bits per heavy atom. The lowest BCUT2D eigenvalue weighted by Crippen LogP contribution is -2.36. The fourth-order valence-corrected chi connectivity index (χ4v) is 3.96. The first-order valence-corrected chi connectivity index (χ1v) is 8.67. The van der Waals surface area contributed by atoms with E-state index in [0.717, 1.165) is 10.9 Å². The molecule has 3 N–H and O–H groups in total. The van der Waals surface area contributed by atoms with Crippen molar-refractivity contribution in [3.8, 4) is 0 Å². The lowest BCUT2D eigenvalue weighted by atomic mass is 9.92. The van der Waals surface area contributed by atoms with E-state index in [9.17, 15) is 12.8 Å². The zero-order chi connectivity index (χ0) is 15.7. The summed E-state index contributed by atoms with van der Waals surface area (Å²) in [7, 11) is -3.91. The number of hydrogen-bond donors (Lipinski definition) is 2. The molecule has 4 nitrogen and oxygen atoms in total. The van der Waals surface area contributed by atoms with Gasteiger partial charge in [-0.1, -0.05) is 19.9 Å². The lowest BCUT2D eigenvalue weighted by Gasteiger charge is -2.23. The molecule has 0 radical (unpaired) electrons. The Morgan fingerprint density at radius 1 is 1.33 bits per heavy atom. The third-order valence-corrected chi connectivity index (χ3v) is 5.81. The van der Waals surface area contributed by atoms with Gasteiger partial charge in [0.15, 0.2) is 0 Å². The molecular formula is C14H17FN2O2S2. The third kappa shape index (κ3) is 3.61. The molecule has 0 bridgehead atoms. The van der Waals surface area contributed by atoms with Crippen LogP contribution in [0.15, 0.2) is 40.6 Å². The second kappa shape index (κ2) is 5.75. The van der Waals surface area contributed by atoms with Crippen molar-refractivity contribution in [3.63, 3.8) is 0 Å². The quantitative estimate of drug-likeness (QED) is 0.829. The number of benzene rings is 1. The molecule has 0 aliphatic heterocycles. The molecule has 7 heteroatoms. The molecule has 2 rings (SSSR count). The number of halogens is 1. The van der Waals surface area contributed by atoms with Crippen LogP contribution in [0.2, 0.25) is 0 Å². The van der Waals surface area contributed by atoms with Crippen LogP contribution < -0.4 is 10.5 Å². The summed E-state index contributed by atoms with van der Waals surface area (Å²) in [5, 5.41) is 1.94. The Hall–Kier alpha value is -1.44. The third-order valence-electron chi connectivity index (χ3n) is 3.14. The zero-order valence-corrected chi connectivity index (χ0v) is 13.4. The van der Waals surface area contributed by atoms with Gasteiger partial charge in [0.2, 0.25) is 10.0 Å². The summed E-state index contributed by atoms with van der Waals surface area (Å²) < 4.78 is 40.6. The molecule has 1 heterocycles. The molecule has 0 amide bonds. The molecular weight excluding hydrogens is 311 g/mol. The maximum absolute atomic E-state index is 13.7. The van der Waals surface area contributed by atoms with Crippen molar-refractivity contribution in [2.75, 3.05) is 12.3 Å². The molecule has 0 atom stereocenters. The van der Waals surface area contributed by atoms with Crippen molar-refractivity contribution in [1.82, 2.24) is 4.72 Å². The minimum atomic E-state index is -3.91. The molecule has 1 aromatic heterocycles. The van der Waals surface area contributed by atoms with E-state index in [0.29, 0.717) is 0 Å². The topological polar surface area (TPSA) is 72.2 Å². The molecule has 0 aliphatic carbocycles. The number of nitrogens with two attached hydrogens (primary N) is 1. The van der Waals surface area contributed by atoms with Gasteiger partial charge >= 0.3 is 0 Å². The Balaban J connectivity index is 2.19. The van der Waals surface area contributed by atoms with E-state index in [-0.39, 0.29) is 17.6 Å². The first-order chi connectivity index (χ1) is 9.72. The molecule has 0 spiro atoms. The van der Waals surface area contributed by atoms with E-state index in [1.54, 1.807) is 11.3 Å². The molecule has 0 fully saturated rings. The molecule has 114 valence electrons. The predicted molar refractivity (Wildman–Crippen MR) is 83.3 cm³/mol. The molecule has 0 saturated carbocycles. The standard InChI is InChI=1S/C14H17FN2O2S2/c1-14(2,13-4-3-7-20-13)9-17-21(18,19)12-6-5-10(16)8-11(12)15/h3-8,17H,9,16H2,1-2H3. The minimum Gasteiger partial charge on any atom is -0.399 e. The van der Waals surface area contributed by atoms with Gasteiger partial charge in [0.25, 0.3) is 0 Å². The highest BCUT2D eigenvalue weighted by atomic mass is 32.2. The van der Waals surface area contributed by atoms with Crippen molar-refractivity contribution in [2.24, 2.45) is 0 Å². The fourth-order valence-electron chi connectivity index (χ4n) is 1.84. The van der Waals surface area contributed by atoms with Gasteiger partial charge in [-0.2, -0.15) is 0 Å². The average Bonchev–Trinajstić information content (AvgIpc) is 2.91. The second-order valence-electron chi connectivity index (χ2n) is 5.38. The number of hydrogen-bond acceptors (Lipinski definition) is 4. The highest BCUT2D eigenvalue weighted by Crippen LogP contribution is 2.27. The van der Waals surface area contributed by atoms with Crippen LogP contribution in [0.25, 0.3) is 0 Å². The second-order valence-corrected chi connectivity index (χ2v) is 8.06. The molecule has 21 heavy (non-hydrogen) atoms. The monoisotopic (exact) mass is 328 g/mol. The van der Waals surface area contributed by atoms with E-state index < -0.39 is 20.7 Å². The van der Waals surface area contributed by atoms with Gasteiger partial charge in [-0.25, -0.2) is 17.5 Å². The summed E-state index contributed by atoms with van der Waals surface area (Å²) in [4.78, 5) is 0.668. The maximum atomic E-state index is 13.7. The van der Waals surface area contributed by atoms with Crippen LogP contribution in [0.1, 0.15) is 18.7 Å². The van der Waals surface area contributed by atoms with Crippen LogP contribution in [-0.4, -0.2) is 15.0 Å². The summed E-state index contributed by atoms with van der Waals surface area (Å²) in [5.41, 5.74) is 5.24. The summed E-state index contributed by atoms with van der Waals surface area (Å²) >= 11 is 1.56. The SMILES string of the molecule is CC(C)(CNS(=O)(=O)c1ccc(N)cc1F)c1cccs1. The van der Waals surface area contributed by atoms with Gasteiger partial charge < -0.3 is 5.73 Å². The van der Waals surface area contributed by atoms with Crippen molar-refractivity contribution in [1.29, 1.82) is 0 Å². The van der Waals surface area contributed by atoms with Gasteiger partial charge in [-0.15, -0.1) is 11.3 Å². The Labute approximate surface area is 127 Å². The maximum Gasteiger partial charge on any atom is 0.243 e. The molecule has 2 aromatic rings. The van der Waals surface area contributed by atoms with Gasteiger partial charge in [-0.05, 0) is 29.6 Å². The Morgan fingerprint density at radius 2 is 2.05 bits per heavy atom. The van der Waals surface area contributed by atoms with E-state index >= 15 is 0 Å². The smallest absolute Gasteiger partial charge is 0.243 e. The van der Waals surface area contributed by atoms with Gasteiger partial charge in [0, 0.05) is 22.5 Å². The summed E-state index contributed by atoms with van der Waals surface area (Å²) in [5.74, 6) is -0.851. The van der Waals surface area contributed by atoms with Crippen LogP contribution in [0.5, 0.6) is 0 Å². The van der Waals surface area contributed by atoms with Gasteiger partial charge in [0.1, 0.15) is 10.7 Å². The van der Waals surface area contributed by atoms with E-state index in [2.05, 4.69) is 4.72 Å². The van der Waals surface area contributed by atoms with Crippen LogP contribution in [0.4, 0.5) is 10.1 Å². The van der Waals surface area contributed by atoms with Crippen LogP contribution in [0, 0.1) is 5.82 Å². The highest BCUT2D eigenvalue weighted by Gasteiger charge is 2.26. The number of rotatable bonds is 5. The molecule has 0 saturated heterocycles. The Bertz CT molecular complexity index is 725. The van der Waals surface area contributed by atoms with Crippen molar-refractivity contribution < 1.29 is 12.8 Å². The molecule has 0 aliphatic rings. The van der Waals surface area contributed by atoms with Crippen molar-refractivity contribution in [3.05, 3.63) is 46.4 Å². The summed E-state index contributed by atoms with van der Waals surface area (Å²) in [6.07, 6.45) is 0. The average molecular weight is 328 g/mol. The van der Waals surface area contributed by atoms with E-state index in [1.165, 1.54) is 12.1 Å². The van der Waals surface area contributed by atoms with Crippen LogP contribution in [0.3, 0.4) is 0 Å². The normalized spacial score (nSPS) is 12.5. The minimum absolute atomic E-state index is 0.180. The fraction of sp³-hybridized carbons (Fsp3) is 0.286. The lowest BCUT2D eigenvalue weighted by molar-refractivity contribution is 0.504. The summed E-state index contributed by atoms with van der Waals surface area (Å²) in [6, 6.07) is 7.39. The first-order valence-electron chi connectivity index (χ1n) is 6.31. The number of nitrogen functional groups attached to an aromatic ring is 1. The van der Waals surface area contributed by atoms with Gasteiger partial charge in [0.05, 0.1) is 0 Å². The summed E-state index contributed by atoms with van der Waals surface area (Å²) in [6.45, 7) is 4.04. The molecule has 1 aromatic carbocycles. The Kier molecular flexibility index (Phi) is 4.36. The predicted octanol–water partition coefficient (Wildman–Crippen LogP) is 2.73. The van der Waals surface area contributed by atoms with Crippen LogP contribution >= 0.6 is 11.3 Å². The van der Waals surface area contributed by atoms with E-state index in [1.807, 2.05) is 31.4 Å². The zero-order valence-electron chi connectivity index (χ0n) is 11.8. The van der Waals surface area contributed by atoms with Gasteiger partial charge in [-0.3, -0.25) is 0 Å². The number of nitrogens with one attached hydrogen (secondary N) is 1.